The second-order valence-corrected chi connectivity index (χ2v) is 6.47. The molecule has 1 amide bonds. The summed E-state index contributed by atoms with van der Waals surface area (Å²) in [5.74, 6) is 1.48. The number of benzene rings is 2. The number of nitrogens with one attached hydrogen (secondary N) is 1. The fourth-order valence-corrected chi connectivity index (χ4v) is 3.32. The van der Waals surface area contributed by atoms with Gasteiger partial charge in [-0.15, -0.1) is 0 Å². The second kappa shape index (κ2) is 7.50. The van der Waals surface area contributed by atoms with Crippen LogP contribution in [0.4, 0.5) is 17.2 Å². The number of aromatic nitrogens is 1. The Morgan fingerprint density at radius 3 is 2.63 bits per heavy atom. The summed E-state index contributed by atoms with van der Waals surface area (Å²) in [6.07, 6.45) is 3.63. The van der Waals surface area contributed by atoms with Gasteiger partial charge in [0, 0.05) is 24.1 Å². The molecule has 0 bridgehead atoms. The Bertz CT molecular complexity index is 937. The third-order valence-corrected chi connectivity index (χ3v) is 4.73. The van der Waals surface area contributed by atoms with E-state index in [1.54, 1.807) is 13.3 Å². The number of hydrogen-bond donors (Lipinski definition) is 1. The predicted molar refractivity (Wildman–Crippen MR) is 107 cm³/mol. The van der Waals surface area contributed by atoms with Crippen molar-refractivity contribution >= 4 is 23.1 Å². The van der Waals surface area contributed by atoms with Gasteiger partial charge in [-0.1, -0.05) is 18.2 Å². The summed E-state index contributed by atoms with van der Waals surface area (Å²) in [4.78, 5) is 19.2. The number of nitrogens with zero attached hydrogens (tertiary/aromatic N) is 2. The topological polar surface area (TPSA) is 54.5 Å². The largest absolute Gasteiger partial charge is 0.497 e. The molecule has 0 radical (unpaired) electrons. The minimum Gasteiger partial charge on any atom is -0.497 e. The van der Waals surface area contributed by atoms with Gasteiger partial charge < -0.3 is 15.0 Å². The molecule has 0 atom stereocenters. The quantitative estimate of drug-likeness (QED) is 0.749. The first-order valence-corrected chi connectivity index (χ1v) is 9.01. The lowest BCUT2D eigenvalue weighted by atomic mass is 10.0. The van der Waals surface area contributed by atoms with Gasteiger partial charge >= 0.3 is 0 Å². The number of para-hydroxylation sites is 1. The highest BCUT2D eigenvalue weighted by Gasteiger charge is 2.23. The van der Waals surface area contributed by atoms with Gasteiger partial charge in [0.1, 0.15) is 11.6 Å². The smallest absolute Gasteiger partial charge is 0.259 e. The standard InChI is InChI=1S/C22H21N3O2/c1-27-19-11-9-18(10-12-19)24-21-13-8-17(15-23-21)22(26)25-14-4-6-16-5-2-3-7-20(16)25/h2-3,5,7-13,15H,4,6,14H2,1H3,(H,23,24). The lowest BCUT2D eigenvalue weighted by Gasteiger charge is -2.29. The third-order valence-electron chi connectivity index (χ3n) is 4.73. The average Bonchev–Trinajstić information content (AvgIpc) is 2.74. The highest BCUT2D eigenvalue weighted by Crippen LogP contribution is 2.28. The van der Waals surface area contributed by atoms with Crippen LogP contribution in [0, 0.1) is 0 Å². The van der Waals surface area contributed by atoms with Gasteiger partial charge in [0.15, 0.2) is 0 Å². The van der Waals surface area contributed by atoms with E-state index in [1.807, 2.05) is 59.5 Å². The highest BCUT2D eigenvalue weighted by molar-refractivity contribution is 6.06. The van der Waals surface area contributed by atoms with Crippen LogP contribution in [-0.4, -0.2) is 24.5 Å². The third kappa shape index (κ3) is 3.62. The van der Waals surface area contributed by atoms with E-state index in [2.05, 4.69) is 16.4 Å². The van der Waals surface area contributed by atoms with Gasteiger partial charge in [-0.25, -0.2) is 4.98 Å². The van der Waals surface area contributed by atoms with Crippen LogP contribution >= 0.6 is 0 Å². The zero-order chi connectivity index (χ0) is 18.6. The predicted octanol–water partition coefficient (Wildman–Crippen LogP) is 4.43. The first kappa shape index (κ1) is 17.1. The molecular formula is C22H21N3O2. The number of hydrogen-bond acceptors (Lipinski definition) is 4. The molecule has 3 aromatic rings. The van der Waals surface area contributed by atoms with Crippen molar-refractivity contribution in [3.8, 4) is 5.75 Å². The molecule has 2 aromatic carbocycles. The number of anilines is 3. The molecule has 0 spiro atoms. The van der Waals surface area contributed by atoms with Crippen LogP contribution in [0.25, 0.3) is 0 Å². The summed E-state index contributed by atoms with van der Waals surface area (Å²) in [6, 6.07) is 19.4. The number of aryl methyl sites for hydroxylation is 1. The van der Waals surface area contributed by atoms with Crippen molar-refractivity contribution in [2.45, 2.75) is 12.8 Å². The number of carbonyl (C=O) groups excluding carboxylic acids is 1. The second-order valence-electron chi connectivity index (χ2n) is 6.47. The normalized spacial score (nSPS) is 13.0. The van der Waals surface area contributed by atoms with E-state index < -0.39 is 0 Å². The van der Waals surface area contributed by atoms with Crippen LogP contribution in [0.3, 0.4) is 0 Å². The molecular weight excluding hydrogens is 338 g/mol. The zero-order valence-electron chi connectivity index (χ0n) is 15.2. The van der Waals surface area contributed by atoms with Crippen molar-refractivity contribution in [3.05, 3.63) is 78.0 Å². The number of pyridine rings is 1. The van der Waals surface area contributed by atoms with Crippen molar-refractivity contribution in [3.63, 3.8) is 0 Å². The maximum atomic E-state index is 13.0. The van der Waals surface area contributed by atoms with Gasteiger partial charge in [-0.2, -0.15) is 0 Å². The SMILES string of the molecule is COc1ccc(Nc2ccc(C(=O)N3CCCc4ccccc43)cn2)cc1. The maximum absolute atomic E-state index is 13.0. The minimum atomic E-state index is -0.00866. The van der Waals surface area contributed by atoms with Crippen LogP contribution in [0.5, 0.6) is 5.75 Å². The molecule has 1 aromatic heterocycles. The molecule has 5 heteroatoms. The Kier molecular flexibility index (Phi) is 4.75. The molecule has 0 fully saturated rings. The Morgan fingerprint density at radius 1 is 1.07 bits per heavy atom. The molecule has 2 heterocycles. The monoisotopic (exact) mass is 359 g/mol. The number of rotatable bonds is 4. The number of amides is 1. The lowest BCUT2D eigenvalue weighted by Crippen LogP contribution is -2.35. The molecule has 0 saturated heterocycles. The van der Waals surface area contributed by atoms with Crippen molar-refractivity contribution in [2.24, 2.45) is 0 Å². The van der Waals surface area contributed by atoms with E-state index in [-0.39, 0.29) is 5.91 Å². The van der Waals surface area contributed by atoms with Gasteiger partial charge in [-0.3, -0.25) is 4.79 Å². The number of fused-ring (bicyclic) bond motifs is 1. The molecule has 1 aliphatic rings. The molecule has 136 valence electrons. The summed E-state index contributed by atoms with van der Waals surface area (Å²) < 4.78 is 5.16. The lowest BCUT2D eigenvalue weighted by molar-refractivity contribution is 0.0985. The van der Waals surface area contributed by atoms with Gasteiger partial charge in [0.05, 0.1) is 12.7 Å². The molecule has 0 unspecified atom stereocenters. The highest BCUT2D eigenvalue weighted by atomic mass is 16.5. The van der Waals surface area contributed by atoms with E-state index in [4.69, 9.17) is 4.74 Å². The molecule has 4 rings (SSSR count). The van der Waals surface area contributed by atoms with E-state index in [0.717, 1.165) is 36.5 Å². The van der Waals surface area contributed by atoms with E-state index >= 15 is 0 Å². The fourth-order valence-electron chi connectivity index (χ4n) is 3.32. The summed E-state index contributed by atoms with van der Waals surface area (Å²) >= 11 is 0. The fraction of sp³-hybridized carbons (Fsp3) is 0.182. The van der Waals surface area contributed by atoms with Gasteiger partial charge in [0.25, 0.3) is 5.91 Å². The van der Waals surface area contributed by atoms with Crippen LogP contribution in [0.1, 0.15) is 22.3 Å². The van der Waals surface area contributed by atoms with Gasteiger partial charge in [0.2, 0.25) is 0 Å². The van der Waals surface area contributed by atoms with Crippen molar-refractivity contribution in [1.82, 2.24) is 4.98 Å². The number of carbonyl (C=O) groups is 1. The van der Waals surface area contributed by atoms with Crippen LogP contribution in [0.15, 0.2) is 66.9 Å². The molecule has 0 aliphatic carbocycles. The number of ether oxygens (including phenoxy) is 1. The summed E-state index contributed by atoms with van der Waals surface area (Å²) in [6.45, 7) is 0.738. The Morgan fingerprint density at radius 2 is 1.89 bits per heavy atom. The maximum Gasteiger partial charge on any atom is 0.259 e. The van der Waals surface area contributed by atoms with Crippen molar-refractivity contribution in [1.29, 1.82) is 0 Å². The van der Waals surface area contributed by atoms with Gasteiger partial charge in [-0.05, 0) is 60.9 Å². The molecule has 27 heavy (non-hydrogen) atoms. The van der Waals surface area contributed by atoms with Crippen molar-refractivity contribution < 1.29 is 9.53 Å². The molecule has 1 aliphatic heterocycles. The Labute approximate surface area is 158 Å². The molecule has 5 nitrogen and oxygen atoms in total. The van der Waals surface area contributed by atoms with E-state index in [0.29, 0.717) is 11.4 Å². The van der Waals surface area contributed by atoms with Crippen LogP contribution < -0.4 is 15.0 Å². The van der Waals surface area contributed by atoms with E-state index in [9.17, 15) is 4.79 Å². The average molecular weight is 359 g/mol. The number of methoxy groups -OCH3 is 1. The first-order chi connectivity index (χ1) is 13.2. The van der Waals surface area contributed by atoms with Crippen LogP contribution in [-0.2, 0) is 6.42 Å². The summed E-state index contributed by atoms with van der Waals surface area (Å²) in [5.41, 5.74) is 3.73. The van der Waals surface area contributed by atoms with Crippen molar-refractivity contribution in [2.75, 3.05) is 23.9 Å². The van der Waals surface area contributed by atoms with Crippen LogP contribution in [0.2, 0.25) is 0 Å². The molecule has 1 N–H and O–H groups in total. The first-order valence-electron chi connectivity index (χ1n) is 9.01. The van der Waals surface area contributed by atoms with E-state index in [1.165, 1.54) is 5.56 Å². The Hall–Kier alpha value is -3.34. The minimum absolute atomic E-state index is 0.00866. The summed E-state index contributed by atoms with van der Waals surface area (Å²) in [7, 11) is 1.64. The zero-order valence-corrected chi connectivity index (χ0v) is 15.2. The summed E-state index contributed by atoms with van der Waals surface area (Å²) in [5, 5.41) is 3.22. The molecule has 0 saturated carbocycles. The Balaban J connectivity index is 1.49.